The topological polar surface area (TPSA) is 34.9 Å². The van der Waals surface area contributed by atoms with Crippen LogP contribution in [0.4, 0.5) is 0 Å². The summed E-state index contributed by atoms with van der Waals surface area (Å²) in [6, 6.07) is 20.6. The lowest BCUT2D eigenvalue weighted by Gasteiger charge is -2.22. The zero-order valence-corrected chi connectivity index (χ0v) is 15.6. The van der Waals surface area contributed by atoms with E-state index in [1.807, 2.05) is 36.4 Å². The molecule has 3 aromatic carbocycles. The summed E-state index contributed by atoms with van der Waals surface area (Å²) < 4.78 is 2.15. The van der Waals surface area contributed by atoms with Crippen molar-refractivity contribution in [1.29, 1.82) is 0 Å². The third-order valence-electron chi connectivity index (χ3n) is 6.01. The Morgan fingerprint density at radius 2 is 1.71 bits per heavy atom. The van der Waals surface area contributed by atoms with E-state index < -0.39 is 0 Å². The summed E-state index contributed by atoms with van der Waals surface area (Å²) in [5.74, 6) is 1.14. The number of nitrogens with zero attached hydrogens (tertiary/aromatic N) is 2. The van der Waals surface area contributed by atoms with Gasteiger partial charge in [0.15, 0.2) is 5.78 Å². The predicted octanol–water partition coefficient (Wildman–Crippen LogP) is 3.83. The van der Waals surface area contributed by atoms with Gasteiger partial charge in [0.2, 0.25) is 0 Å². The minimum Gasteiger partial charge on any atom is -0.327 e. The van der Waals surface area contributed by atoms with Gasteiger partial charge in [0, 0.05) is 23.7 Å². The average molecular weight is 362 g/mol. The van der Waals surface area contributed by atoms with Crippen molar-refractivity contribution in [3.63, 3.8) is 0 Å². The van der Waals surface area contributed by atoms with Crippen LogP contribution in [0, 0.1) is 0 Å². The zero-order chi connectivity index (χ0) is 18.8. The summed E-state index contributed by atoms with van der Waals surface area (Å²) in [6.45, 7) is 0. The number of carbonyl (C=O) groups excluding carboxylic acids is 1. The van der Waals surface area contributed by atoms with Gasteiger partial charge < -0.3 is 4.57 Å². The lowest BCUT2D eigenvalue weighted by atomic mass is 9.81. The molecule has 0 aliphatic heterocycles. The highest BCUT2D eigenvalue weighted by Crippen LogP contribution is 2.32. The van der Waals surface area contributed by atoms with E-state index in [-0.39, 0.29) is 5.78 Å². The van der Waals surface area contributed by atoms with Crippen molar-refractivity contribution in [3.8, 4) is 22.5 Å². The van der Waals surface area contributed by atoms with Crippen LogP contribution in [0.15, 0.2) is 60.7 Å². The average Bonchev–Trinajstić information content (AvgIpc) is 3.08. The van der Waals surface area contributed by atoms with Gasteiger partial charge in [0.1, 0.15) is 5.82 Å². The highest BCUT2D eigenvalue weighted by molar-refractivity contribution is 6.29. The highest BCUT2D eigenvalue weighted by atomic mass is 16.1. The second kappa shape index (κ2) is 5.52. The van der Waals surface area contributed by atoms with E-state index in [1.54, 1.807) is 0 Å². The van der Waals surface area contributed by atoms with Crippen molar-refractivity contribution in [3.05, 3.63) is 76.7 Å². The number of para-hydroxylation sites is 2. The maximum Gasteiger partial charge on any atom is 0.190 e. The van der Waals surface area contributed by atoms with Crippen LogP contribution >= 0.6 is 0 Å². The van der Waals surface area contributed by atoms with Crippen LogP contribution in [0.1, 0.15) is 23.2 Å². The van der Waals surface area contributed by atoms with Gasteiger partial charge in [-0.1, -0.05) is 42.5 Å². The summed E-state index contributed by atoms with van der Waals surface area (Å²) in [6.07, 6.45) is 3.98. The fourth-order valence-corrected chi connectivity index (χ4v) is 4.71. The standard InChI is InChI=1S/C25H18N2O/c1-27-22-12-5-4-11-21(22)26-25(27)16-13-15-7-6-10-19-23(15)20(14-16)17-8-2-3-9-18(17)24(19)28/h2-5,7-9,11-14H,6,10H2,1H3. The van der Waals surface area contributed by atoms with Crippen LogP contribution in [0.5, 0.6) is 0 Å². The van der Waals surface area contributed by atoms with Crippen LogP contribution in [0.25, 0.3) is 45.2 Å². The fraction of sp³-hybridized carbons (Fsp3) is 0.120. The maximum absolute atomic E-state index is 13.1. The van der Waals surface area contributed by atoms with Crippen LogP contribution in [0.3, 0.4) is 0 Å². The van der Waals surface area contributed by atoms with E-state index >= 15 is 0 Å². The van der Waals surface area contributed by atoms with Crippen molar-refractivity contribution < 1.29 is 4.79 Å². The van der Waals surface area contributed by atoms with E-state index in [0.29, 0.717) is 0 Å². The second-order valence-corrected chi connectivity index (χ2v) is 7.57. The number of benzene rings is 3. The Bertz CT molecular complexity index is 1440. The number of aryl methyl sites for hydroxylation is 1. The molecule has 1 aromatic heterocycles. The molecule has 0 saturated heterocycles. The van der Waals surface area contributed by atoms with Gasteiger partial charge in [-0.25, -0.2) is 4.98 Å². The molecule has 6 rings (SSSR count). The van der Waals surface area contributed by atoms with Gasteiger partial charge in [-0.15, -0.1) is 0 Å². The molecule has 134 valence electrons. The summed E-state index contributed by atoms with van der Waals surface area (Å²) in [5.41, 5.74) is 7.18. The monoisotopic (exact) mass is 362 g/mol. The van der Waals surface area contributed by atoms with Crippen LogP contribution in [-0.2, 0) is 7.05 Å². The normalized spacial score (nSPS) is 14.6. The molecule has 0 saturated carbocycles. The summed E-state index contributed by atoms with van der Waals surface area (Å²) in [7, 11) is 2.06. The van der Waals surface area contributed by atoms with Crippen molar-refractivity contribution >= 4 is 28.5 Å². The van der Waals surface area contributed by atoms with Gasteiger partial charge >= 0.3 is 0 Å². The SMILES string of the molecule is Cn1c(-c2cc3c4c(c2)=CCCC=4C(=O)c2ccccc2-3)nc2ccccc21. The van der Waals surface area contributed by atoms with Gasteiger partial charge in [-0.05, 0) is 58.7 Å². The minimum absolute atomic E-state index is 0.188. The number of imidazole rings is 1. The molecule has 28 heavy (non-hydrogen) atoms. The minimum atomic E-state index is 0.188. The molecular formula is C25H18N2O. The molecule has 0 N–H and O–H groups in total. The molecule has 0 spiro atoms. The van der Waals surface area contributed by atoms with Crippen molar-refractivity contribution in [1.82, 2.24) is 9.55 Å². The van der Waals surface area contributed by atoms with E-state index in [0.717, 1.165) is 68.0 Å². The molecule has 0 fully saturated rings. The Balaban J connectivity index is 1.73. The number of fused-ring (bicyclic) bond motifs is 3. The molecule has 0 radical (unpaired) electrons. The molecule has 0 amide bonds. The molecule has 2 aliphatic rings. The van der Waals surface area contributed by atoms with Crippen molar-refractivity contribution in [2.45, 2.75) is 12.8 Å². The smallest absolute Gasteiger partial charge is 0.190 e. The van der Waals surface area contributed by atoms with Crippen molar-refractivity contribution in [2.75, 3.05) is 0 Å². The number of hydrogen-bond donors (Lipinski definition) is 0. The van der Waals surface area contributed by atoms with Crippen LogP contribution in [-0.4, -0.2) is 15.3 Å². The number of aromatic nitrogens is 2. The van der Waals surface area contributed by atoms with Gasteiger partial charge in [-0.3, -0.25) is 4.79 Å². The van der Waals surface area contributed by atoms with Gasteiger partial charge in [0.05, 0.1) is 11.0 Å². The van der Waals surface area contributed by atoms with Crippen molar-refractivity contribution in [2.24, 2.45) is 7.05 Å². The largest absolute Gasteiger partial charge is 0.327 e. The highest BCUT2D eigenvalue weighted by Gasteiger charge is 2.26. The predicted molar refractivity (Wildman–Crippen MR) is 112 cm³/mol. The molecule has 0 atom stereocenters. The Labute approximate surface area is 162 Å². The third kappa shape index (κ3) is 1.99. The van der Waals surface area contributed by atoms with E-state index in [9.17, 15) is 4.79 Å². The molecule has 0 bridgehead atoms. The quantitative estimate of drug-likeness (QED) is 0.516. The van der Waals surface area contributed by atoms with Gasteiger partial charge in [-0.2, -0.15) is 0 Å². The number of rotatable bonds is 1. The molecule has 4 aromatic rings. The second-order valence-electron chi connectivity index (χ2n) is 7.57. The van der Waals surface area contributed by atoms with E-state index in [4.69, 9.17) is 4.98 Å². The third-order valence-corrected chi connectivity index (χ3v) is 6.01. The Kier molecular flexibility index (Phi) is 3.07. The lowest BCUT2D eigenvalue weighted by molar-refractivity contribution is 0.105. The van der Waals surface area contributed by atoms with E-state index in [1.165, 1.54) is 0 Å². The number of carbonyl (C=O) groups is 1. The maximum atomic E-state index is 13.1. The molecule has 2 aliphatic carbocycles. The fourth-order valence-electron chi connectivity index (χ4n) is 4.71. The number of ketones is 1. The molecular weight excluding hydrogens is 344 g/mol. The summed E-state index contributed by atoms with van der Waals surface area (Å²) in [4.78, 5) is 17.9. The van der Waals surface area contributed by atoms with Crippen LogP contribution in [0.2, 0.25) is 0 Å². The first kappa shape index (κ1) is 15.6. The molecule has 3 nitrogen and oxygen atoms in total. The first-order chi connectivity index (χ1) is 13.7. The number of hydrogen-bond acceptors (Lipinski definition) is 2. The first-order valence-electron chi connectivity index (χ1n) is 9.66. The molecule has 1 heterocycles. The Hall–Kier alpha value is -3.46. The summed E-state index contributed by atoms with van der Waals surface area (Å²) >= 11 is 0. The molecule has 3 heteroatoms. The Morgan fingerprint density at radius 3 is 2.57 bits per heavy atom. The molecule has 0 unspecified atom stereocenters. The van der Waals surface area contributed by atoms with Crippen LogP contribution < -0.4 is 10.4 Å². The number of Topliss-reactive ketones (excluding diaryl/α,β-unsaturated/α-hetero) is 1. The lowest BCUT2D eigenvalue weighted by Crippen LogP contribution is -2.37. The summed E-state index contributed by atoms with van der Waals surface area (Å²) in [5, 5.41) is 2.28. The Morgan fingerprint density at radius 1 is 0.929 bits per heavy atom. The first-order valence-corrected chi connectivity index (χ1v) is 9.66. The van der Waals surface area contributed by atoms with E-state index in [2.05, 4.69) is 42.0 Å². The van der Waals surface area contributed by atoms with Gasteiger partial charge in [0.25, 0.3) is 0 Å². The zero-order valence-electron chi connectivity index (χ0n) is 15.6.